The minimum Gasteiger partial charge on any atom is -0.507 e. The van der Waals surface area contributed by atoms with Crippen LogP contribution in [-0.4, -0.2) is 13.5 Å². The third-order valence-corrected chi connectivity index (χ3v) is 2.75. The zero-order valence-electron chi connectivity index (χ0n) is 6.28. The number of hydrogen-bond donors (Lipinski definition) is 1. The first kappa shape index (κ1) is 9.35. The van der Waals surface area contributed by atoms with Crippen molar-refractivity contribution in [2.75, 3.05) is 0 Å². The topological polar surface area (TPSA) is 54.4 Å². The van der Waals surface area contributed by atoms with E-state index in [4.69, 9.17) is 15.8 Å². The van der Waals surface area contributed by atoms with Crippen LogP contribution < -0.4 is 0 Å². The third-order valence-electron chi connectivity index (χ3n) is 1.38. The second-order valence-corrected chi connectivity index (χ2v) is 4.94. The lowest BCUT2D eigenvalue weighted by Gasteiger charge is -2.00. The van der Waals surface area contributed by atoms with Crippen molar-refractivity contribution in [1.82, 2.24) is 0 Å². The molecule has 0 saturated heterocycles. The fraction of sp³-hybridized carbons (Fsp3) is 0.143. The third kappa shape index (κ3) is 1.89. The van der Waals surface area contributed by atoms with Crippen LogP contribution in [0.2, 0.25) is 0 Å². The molecule has 12 heavy (non-hydrogen) atoms. The fourth-order valence-electron chi connectivity index (χ4n) is 0.834. The summed E-state index contributed by atoms with van der Waals surface area (Å²) < 4.78 is 21.5. The van der Waals surface area contributed by atoms with Crippen LogP contribution in [0.4, 0.5) is 0 Å². The highest BCUT2D eigenvalue weighted by Gasteiger charge is 2.14. The van der Waals surface area contributed by atoms with Gasteiger partial charge < -0.3 is 5.11 Å². The van der Waals surface area contributed by atoms with Gasteiger partial charge in [-0.15, -0.1) is 0 Å². The Balaban J connectivity index is 3.39. The molecule has 0 heterocycles. The van der Waals surface area contributed by atoms with E-state index < -0.39 is 9.05 Å². The van der Waals surface area contributed by atoms with E-state index in [1.165, 1.54) is 12.1 Å². The van der Waals surface area contributed by atoms with Gasteiger partial charge in [0.2, 0.25) is 0 Å². The van der Waals surface area contributed by atoms with E-state index in [1.54, 1.807) is 13.0 Å². The van der Waals surface area contributed by atoms with Crippen molar-refractivity contribution in [1.29, 1.82) is 0 Å². The molecule has 0 aliphatic carbocycles. The number of benzene rings is 1. The zero-order chi connectivity index (χ0) is 9.35. The molecular formula is C7H7ClO3S. The van der Waals surface area contributed by atoms with Crippen molar-refractivity contribution in [2.45, 2.75) is 11.8 Å². The fourth-order valence-corrected chi connectivity index (χ4v) is 1.76. The van der Waals surface area contributed by atoms with E-state index in [-0.39, 0.29) is 10.6 Å². The van der Waals surface area contributed by atoms with Gasteiger partial charge in [0.25, 0.3) is 9.05 Å². The zero-order valence-corrected chi connectivity index (χ0v) is 7.85. The highest BCUT2D eigenvalue weighted by atomic mass is 35.7. The molecule has 0 aromatic heterocycles. The van der Waals surface area contributed by atoms with Gasteiger partial charge in [0.05, 0.1) is 0 Å². The Labute approximate surface area is 75.0 Å². The van der Waals surface area contributed by atoms with E-state index in [0.29, 0.717) is 0 Å². The predicted molar refractivity (Wildman–Crippen MR) is 45.9 cm³/mol. The molecule has 0 amide bonds. The maximum absolute atomic E-state index is 10.8. The van der Waals surface area contributed by atoms with Crippen molar-refractivity contribution < 1.29 is 13.5 Å². The lowest BCUT2D eigenvalue weighted by Crippen LogP contribution is -1.90. The molecule has 0 saturated carbocycles. The van der Waals surface area contributed by atoms with Crippen molar-refractivity contribution in [3.63, 3.8) is 0 Å². The number of phenols is 1. The largest absolute Gasteiger partial charge is 0.507 e. The van der Waals surface area contributed by atoms with Gasteiger partial charge in [-0.25, -0.2) is 8.42 Å². The van der Waals surface area contributed by atoms with Crippen molar-refractivity contribution in [3.8, 4) is 5.75 Å². The van der Waals surface area contributed by atoms with Gasteiger partial charge >= 0.3 is 0 Å². The molecule has 1 aromatic rings. The van der Waals surface area contributed by atoms with E-state index in [9.17, 15) is 8.42 Å². The minimum atomic E-state index is -3.83. The molecule has 1 rings (SSSR count). The molecule has 0 atom stereocenters. The van der Waals surface area contributed by atoms with Gasteiger partial charge in [-0.1, -0.05) is 6.07 Å². The molecule has 0 radical (unpaired) electrons. The van der Waals surface area contributed by atoms with Crippen LogP contribution in [0, 0.1) is 6.92 Å². The van der Waals surface area contributed by atoms with Gasteiger partial charge in [0, 0.05) is 10.7 Å². The van der Waals surface area contributed by atoms with Gasteiger partial charge in [0.1, 0.15) is 10.6 Å². The van der Waals surface area contributed by atoms with Crippen LogP contribution in [0.15, 0.2) is 23.1 Å². The van der Waals surface area contributed by atoms with Crippen molar-refractivity contribution in [3.05, 3.63) is 23.8 Å². The molecule has 0 aliphatic heterocycles. The van der Waals surface area contributed by atoms with Crippen LogP contribution >= 0.6 is 10.7 Å². The number of hydrogen-bond acceptors (Lipinski definition) is 3. The molecule has 3 nitrogen and oxygen atoms in total. The first-order chi connectivity index (χ1) is 5.41. The summed E-state index contributed by atoms with van der Waals surface area (Å²) >= 11 is 0. The SMILES string of the molecule is Cc1ccc(S(=O)(=O)Cl)c(O)c1. The van der Waals surface area contributed by atoms with Gasteiger partial charge in [-0.3, -0.25) is 0 Å². The van der Waals surface area contributed by atoms with E-state index in [2.05, 4.69) is 0 Å². The molecule has 1 N–H and O–H groups in total. The van der Waals surface area contributed by atoms with Crippen molar-refractivity contribution in [2.24, 2.45) is 0 Å². The summed E-state index contributed by atoms with van der Waals surface area (Å²) in [6.45, 7) is 1.74. The van der Waals surface area contributed by atoms with E-state index in [0.717, 1.165) is 5.56 Å². The van der Waals surface area contributed by atoms with E-state index in [1.807, 2.05) is 0 Å². The molecular weight excluding hydrogens is 200 g/mol. The number of rotatable bonds is 1. The maximum Gasteiger partial charge on any atom is 0.264 e. The Bertz CT molecular complexity index is 397. The molecule has 0 unspecified atom stereocenters. The highest BCUT2D eigenvalue weighted by Crippen LogP contribution is 2.26. The van der Waals surface area contributed by atoms with Gasteiger partial charge in [-0.2, -0.15) is 0 Å². The second kappa shape index (κ2) is 2.95. The van der Waals surface area contributed by atoms with Crippen LogP contribution in [0.25, 0.3) is 0 Å². The van der Waals surface area contributed by atoms with Crippen molar-refractivity contribution >= 4 is 19.7 Å². The Morgan fingerprint density at radius 2 is 2.00 bits per heavy atom. The first-order valence-corrected chi connectivity index (χ1v) is 5.46. The molecule has 1 aromatic carbocycles. The summed E-state index contributed by atoms with van der Waals surface area (Å²) in [5, 5.41) is 9.16. The normalized spacial score (nSPS) is 11.5. The molecule has 0 bridgehead atoms. The molecule has 0 spiro atoms. The van der Waals surface area contributed by atoms with Crippen LogP contribution in [0.3, 0.4) is 0 Å². The van der Waals surface area contributed by atoms with E-state index >= 15 is 0 Å². The molecule has 66 valence electrons. The molecule has 5 heteroatoms. The number of aryl methyl sites for hydroxylation is 1. The summed E-state index contributed by atoms with van der Waals surface area (Å²) in [4.78, 5) is -0.255. The van der Waals surface area contributed by atoms with Crippen LogP contribution in [-0.2, 0) is 9.05 Å². The lowest BCUT2D eigenvalue weighted by atomic mass is 10.2. The lowest BCUT2D eigenvalue weighted by molar-refractivity contribution is 0.459. The Kier molecular flexibility index (Phi) is 2.30. The summed E-state index contributed by atoms with van der Waals surface area (Å²) in [7, 11) is 1.20. The number of aromatic hydroxyl groups is 1. The van der Waals surface area contributed by atoms with Gasteiger partial charge in [0.15, 0.2) is 0 Å². The summed E-state index contributed by atoms with van der Waals surface area (Å²) in [6.07, 6.45) is 0. The monoisotopic (exact) mass is 206 g/mol. The average molecular weight is 207 g/mol. The number of phenolic OH excluding ortho intramolecular Hbond substituents is 1. The minimum absolute atomic E-state index is 0.255. The predicted octanol–water partition coefficient (Wildman–Crippen LogP) is 1.63. The standard InChI is InChI=1S/C7H7ClO3S/c1-5-2-3-7(6(9)4-5)12(8,10)11/h2-4,9H,1H3. The Morgan fingerprint density at radius 1 is 1.42 bits per heavy atom. The average Bonchev–Trinajstić information content (AvgIpc) is 1.83. The molecule has 0 fully saturated rings. The molecule has 0 aliphatic rings. The highest BCUT2D eigenvalue weighted by molar-refractivity contribution is 8.13. The smallest absolute Gasteiger partial charge is 0.264 e. The number of halogens is 1. The second-order valence-electron chi connectivity index (χ2n) is 2.41. The summed E-state index contributed by atoms with van der Waals surface area (Å²) in [5.74, 6) is -0.315. The Hall–Kier alpha value is -0.740. The van der Waals surface area contributed by atoms with Crippen LogP contribution in [0.1, 0.15) is 5.56 Å². The summed E-state index contributed by atoms with van der Waals surface area (Å²) in [5.41, 5.74) is 0.775. The first-order valence-electron chi connectivity index (χ1n) is 3.15. The van der Waals surface area contributed by atoms with Crippen LogP contribution in [0.5, 0.6) is 5.75 Å². The Morgan fingerprint density at radius 3 is 2.42 bits per heavy atom. The quantitative estimate of drug-likeness (QED) is 0.711. The van der Waals surface area contributed by atoms with Gasteiger partial charge in [-0.05, 0) is 24.6 Å². The maximum atomic E-state index is 10.8. The summed E-state index contributed by atoms with van der Waals surface area (Å²) in [6, 6.07) is 4.18.